The third-order valence-electron chi connectivity index (χ3n) is 2.75. The fraction of sp³-hybridized carbons (Fsp3) is 0.429. The summed E-state index contributed by atoms with van der Waals surface area (Å²) in [6.45, 7) is 8.85. The Kier molecular flexibility index (Phi) is 3.94. The zero-order chi connectivity index (χ0) is 14.0. The van der Waals surface area contributed by atoms with Gasteiger partial charge in [0.2, 0.25) is 5.89 Å². The molecule has 4 nitrogen and oxygen atoms in total. The van der Waals surface area contributed by atoms with Gasteiger partial charge in [-0.3, -0.25) is 0 Å². The van der Waals surface area contributed by atoms with Crippen LogP contribution >= 0.6 is 15.9 Å². The van der Waals surface area contributed by atoms with Gasteiger partial charge in [0.05, 0.1) is 0 Å². The minimum Gasteiger partial charge on any atom is -0.408 e. The summed E-state index contributed by atoms with van der Waals surface area (Å²) in [5, 5.41) is 11.2. The van der Waals surface area contributed by atoms with E-state index in [9.17, 15) is 0 Å². The van der Waals surface area contributed by atoms with Gasteiger partial charge in [-0.25, -0.2) is 0 Å². The summed E-state index contributed by atoms with van der Waals surface area (Å²) in [7, 11) is 0. The molecular weight excluding hydrogens is 306 g/mol. The summed E-state index contributed by atoms with van der Waals surface area (Å²) in [4.78, 5) is 0. The SMILES string of the molecule is Cc1ccc(CNc2nnc(C(C)(C)C)o2)cc1Br. The van der Waals surface area contributed by atoms with Crippen molar-refractivity contribution >= 4 is 21.9 Å². The lowest BCUT2D eigenvalue weighted by molar-refractivity contribution is 0.399. The van der Waals surface area contributed by atoms with Gasteiger partial charge in [0.1, 0.15) is 0 Å². The van der Waals surface area contributed by atoms with Crippen molar-refractivity contribution in [2.45, 2.75) is 39.7 Å². The first-order valence-electron chi connectivity index (χ1n) is 6.19. The average molecular weight is 324 g/mol. The van der Waals surface area contributed by atoms with Crippen molar-refractivity contribution in [3.8, 4) is 0 Å². The first-order chi connectivity index (χ1) is 8.86. The molecule has 0 bridgehead atoms. The number of hydrogen-bond donors (Lipinski definition) is 1. The molecule has 0 spiro atoms. The lowest BCUT2D eigenvalue weighted by Gasteiger charge is -2.11. The van der Waals surface area contributed by atoms with Gasteiger partial charge in [0.15, 0.2) is 0 Å². The number of anilines is 1. The fourth-order valence-corrected chi connectivity index (χ4v) is 1.95. The molecule has 0 atom stereocenters. The highest BCUT2D eigenvalue weighted by Crippen LogP contribution is 2.22. The summed E-state index contributed by atoms with van der Waals surface area (Å²) in [5.41, 5.74) is 2.25. The number of aromatic nitrogens is 2. The van der Waals surface area contributed by atoms with E-state index in [0.717, 1.165) is 10.0 Å². The van der Waals surface area contributed by atoms with Crippen molar-refractivity contribution < 1.29 is 4.42 Å². The van der Waals surface area contributed by atoms with Crippen molar-refractivity contribution in [2.75, 3.05) is 5.32 Å². The van der Waals surface area contributed by atoms with Crippen LogP contribution in [0.2, 0.25) is 0 Å². The summed E-state index contributed by atoms with van der Waals surface area (Å²) < 4.78 is 6.68. The second-order valence-electron chi connectivity index (χ2n) is 5.60. The zero-order valence-electron chi connectivity index (χ0n) is 11.6. The highest BCUT2D eigenvalue weighted by Gasteiger charge is 2.21. The van der Waals surface area contributed by atoms with Crippen LogP contribution in [-0.4, -0.2) is 10.2 Å². The monoisotopic (exact) mass is 323 g/mol. The minimum absolute atomic E-state index is 0.125. The molecule has 0 aliphatic rings. The Morgan fingerprint density at radius 1 is 1.26 bits per heavy atom. The fourth-order valence-electron chi connectivity index (χ4n) is 1.52. The standard InChI is InChI=1S/C14H18BrN3O/c1-9-5-6-10(7-11(9)15)8-16-13-18-17-12(19-13)14(2,3)4/h5-7H,8H2,1-4H3,(H,16,18). The van der Waals surface area contributed by atoms with Crippen molar-refractivity contribution in [1.82, 2.24) is 10.2 Å². The lowest BCUT2D eigenvalue weighted by atomic mass is 9.97. The molecule has 2 aromatic rings. The summed E-state index contributed by atoms with van der Waals surface area (Å²) in [6, 6.07) is 6.70. The van der Waals surface area contributed by atoms with Crippen LogP contribution in [0.25, 0.3) is 0 Å². The van der Waals surface area contributed by atoms with Crippen LogP contribution < -0.4 is 5.32 Å². The Morgan fingerprint density at radius 3 is 2.58 bits per heavy atom. The second-order valence-corrected chi connectivity index (χ2v) is 6.45. The van der Waals surface area contributed by atoms with Crippen LogP contribution in [-0.2, 0) is 12.0 Å². The Bertz CT molecular complexity index is 572. The second kappa shape index (κ2) is 5.33. The highest BCUT2D eigenvalue weighted by molar-refractivity contribution is 9.10. The molecule has 0 amide bonds. The number of halogens is 1. The minimum atomic E-state index is -0.125. The van der Waals surface area contributed by atoms with Crippen molar-refractivity contribution in [2.24, 2.45) is 0 Å². The third kappa shape index (κ3) is 3.56. The molecule has 0 radical (unpaired) electrons. The molecule has 1 heterocycles. The van der Waals surface area contributed by atoms with Crippen LogP contribution in [0.15, 0.2) is 27.1 Å². The van der Waals surface area contributed by atoms with Crippen molar-refractivity contribution in [3.63, 3.8) is 0 Å². The van der Waals surface area contributed by atoms with E-state index in [-0.39, 0.29) is 5.41 Å². The van der Waals surface area contributed by atoms with E-state index in [2.05, 4.69) is 56.6 Å². The zero-order valence-corrected chi connectivity index (χ0v) is 13.2. The lowest BCUT2D eigenvalue weighted by Crippen LogP contribution is -2.11. The molecule has 5 heteroatoms. The van der Waals surface area contributed by atoms with Gasteiger partial charge in [0.25, 0.3) is 0 Å². The molecule has 0 unspecified atom stereocenters. The van der Waals surface area contributed by atoms with Gasteiger partial charge in [-0.1, -0.05) is 53.9 Å². The summed E-state index contributed by atoms with van der Waals surface area (Å²) in [5.74, 6) is 0.639. The number of rotatable bonds is 3. The van der Waals surface area contributed by atoms with Crippen LogP contribution in [0, 0.1) is 6.92 Å². The molecule has 0 saturated heterocycles. The van der Waals surface area contributed by atoms with Crippen LogP contribution in [0.3, 0.4) is 0 Å². The van der Waals surface area contributed by atoms with Gasteiger partial charge >= 0.3 is 6.01 Å². The quantitative estimate of drug-likeness (QED) is 0.925. The Balaban J connectivity index is 2.02. The number of aryl methyl sites for hydroxylation is 1. The smallest absolute Gasteiger partial charge is 0.315 e. The predicted molar refractivity (Wildman–Crippen MR) is 79.2 cm³/mol. The van der Waals surface area contributed by atoms with E-state index >= 15 is 0 Å². The van der Waals surface area contributed by atoms with Gasteiger partial charge in [0, 0.05) is 16.4 Å². The van der Waals surface area contributed by atoms with E-state index in [1.807, 2.05) is 20.8 Å². The molecule has 102 valence electrons. The molecule has 2 rings (SSSR count). The molecular formula is C14H18BrN3O. The third-order valence-corrected chi connectivity index (χ3v) is 3.60. The molecule has 0 saturated carbocycles. The van der Waals surface area contributed by atoms with Crippen LogP contribution in [0.4, 0.5) is 6.01 Å². The number of hydrogen-bond acceptors (Lipinski definition) is 4. The topological polar surface area (TPSA) is 51.0 Å². The molecule has 1 aromatic carbocycles. The molecule has 0 aliphatic heterocycles. The molecule has 0 fully saturated rings. The number of nitrogens with zero attached hydrogens (tertiary/aromatic N) is 2. The first kappa shape index (κ1) is 14.1. The van der Waals surface area contributed by atoms with Crippen LogP contribution in [0.1, 0.15) is 37.8 Å². The Hall–Kier alpha value is -1.36. The first-order valence-corrected chi connectivity index (χ1v) is 6.98. The Labute approximate surface area is 121 Å². The Morgan fingerprint density at radius 2 is 2.00 bits per heavy atom. The van der Waals surface area contributed by atoms with Gasteiger partial charge < -0.3 is 9.73 Å². The number of nitrogens with one attached hydrogen (secondary N) is 1. The van der Waals surface area contributed by atoms with Gasteiger partial charge in [-0.2, -0.15) is 0 Å². The molecule has 19 heavy (non-hydrogen) atoms. The van der Waals surface area contributed by atoms with Crippen molar-refractivity contribution in [1.29, 1.82) is 0 Å². The van der Waals surface area contributed by atoms with E-state index in [1.54, 1.807) is 0 Å². The van der Waals surface area contributed by atoms with E-state index in [0.29, 0.717) is 18.5 Å². The van der Waals surface area contributed by atoms with E-state index in [1.165, 1.54) is 5.56 Å². The molecule has 1 aromatic heterocycles. The number of benzene rings is 1. The summed E-state index contributed by atoms with van der Waals surface area (Å²) in [6.07, 6.45) is 0. The normalized spacial score (nSPS) is 11.6. The van der Waals surface area contributed by atoms with E-state index < -0.39 is 0 Å². The van der Waals surface area contributed by atoms with E-state index in [4.69, 9.17) is 4.42 Å². The predicted octanol–water partition coefficient (Wildman–Crippen LogP) is 4.05. The molecule has 0 aliphatic carbocycles. The average Bonchev–Trinajstić information content (AvgIpc) is 2.79. The molecule has 1 N–H and O–H groups in total. The van der Waals surface area contributed by atoms with Gasteiger partial charge in [-0.05, 0) is 24.1 Å². The van der Waals surface area contributed by atoms with Crippen molar-refractivity contribution in [3.05, 3.63) is 39.7 Å². The highest BCUT2D eigenvalue weighted by atomic mass is 79.9. The van der Waals surface area contributed by atoms with Crippen LogP contribution in [0.5, 0.6) is 0 Å². The maximum atomic E-state index is 5.58. The maximum Gasteiger partial charge on any atom is 0.315 e. The largest absolute Gasteiger partial charge is 0.408 e. The summed E-state index contributed by atoms with van der Waals surface area (Å²) >= 11 is 3.52. The van der Waals surface area contributed by atoms with Gasteiger partial charge in [-0.15, -0.1) is 5.10 Å². The maximum absolute atomic E-state index is 5.58.